The topological polar surface area (TPSA) is 63.3 Å². The van der Waals surface area contributed by atoms with Crippen molar-refractivity contribution in [2.24, 2.45) is 0 Å². The minimum atomic E-state index is -5.97. The van der Waals surface area contributed by atoms with Crippen molar-refractivity contribution in [2.45, 2.75) is 65.2 Å². The van der Waals surface area contributed by atoms with Gasteiger partial charge in [-0.05, 0) is 42.5 Å². The maximum atomic E-state index is 13.1. The molecule has 0 saturated heterocycles. The number of alkyl halides is 6. The Hall–Kier alpha value is -2.05. The molecular formula is C21H17F6NO3S2. The van der Waals surface area contributed by atoms with Crippen molar-refractivity contribution in [3.05, 3.63) is 51.3 Å². The zero-order chi connectivity index (χ0) is 24.0. The smallest absolute Gasteiger partial charge is 0.423 e. The Kier molecular flexibility index (Phi) is 6.29. The van der Waals surface area contributed by atoms with Crippen molar-refractivity contribution in [1.82, 2.24) is 4.98 Å². The molecular weight excluding hydrogens is 492 g/mol. The van der Waals surface area contributed by atoms with Crippen LogP contribution in [0, 0.1) is 0 Å². The summed E-state index contributed by atoms with van der Waals surface area (Å²) in [5.41, 5.74) is -4.37. The average Bonchev–Trinajstić information content (AvgIpc) is 3.20. The monoisotopic (exact) mass is 509 g/mol. The number of hydrogen-bond donors (Lipinski definition) is 1. The molecule has 1 saturated carbocycles. The molecule has 4 rings (SSSR count). The second-order valence-corrected chi connectivity index (χ2v) is 10.2. The van der Waals surface area contributed by atoms with E-state index in [4.69, 9.17) is 4.42 Å². The van der Waals surface area contributed by atoms with Gasteiger partial charge < -0.3 is 9.52 Å². The van der Waals surface area contributed by atoms with Gasteiger partial charge in [0, 0.05) is 22.5 Å². The van der Waals surface area contributed by atoms with Crippen molar-refractivity contribution < 1.29 is 35.9 Å². The van der Waals surface area contributed by atoms with Crippen molar-refractivity contribution in [3.8, 4) is 0 Å². The summed E-state index contributed by atoms with van der Waals surface area (Å²) in [6.45, 7) is 0. The lowest BCUT2D eigenvalue weighted by atomic mass is 9.83. The Morgan fingerprint density at radius 1 is 1.03 bits per heavy atom. The molecule has 0 radical (unpaired) electrons. The number of aliphatic hydroxyl groups is 1. The second kappa shape index (κ2) is 8.62. The SMILES string of the molecule is O=c1cc(C2CCCCC2)c2ccc(Sc3ncc(C(O)(C(F)(F)F)C(F)(F)F)s3)cc2o1. The molecule has 1 fully saturated rings. The normalized spacial score (nSPS) is 16.5. The van der Waals surface area contributed by atoms with Gasteiger partial charge in [0.05, 0.1) is 4.88 Å². The summed E-state index contributed by atoms with van der Waals surface area (Å²) >= 11 is 0.900. The molecule has 178 valence electrons. The van der Waals surface area contributed by atoms with E-state index in [9.17, 15) is 36.2 Å². The molecule has 3 aromatic rings. The van der Waals surface area contributed by atoms with Gasteiger partial charge >= 0.3 is 18.0 Å². The number of thiazole rings is 1. The van der Waals surface area contributed by atoms with E-state index in [0.29, 0.717) is 11.1 Å². The lowest BCUT2D eigenvalue weighted by Crippen LogP contribution is -2.53. The van der Waals surface area contributed by atoms with Gasteiger partial charge in [0.2, 0.25) is 0 Å². The highest BCUT2D eigenvalue weighted by atomic mass is 32.2. The van der Waals surface area contributed by atoms with E-state index in [2.05, 4.69) is 4.98 Å². The Balaban J connectivity index is 1.65. The van der Waals surface area contributed by atoms with Gasteiger partial charge in [-0.2, -0.15) is 26.3 Å². The fraction of sp³-hybridized carbons (Fsp3) is 0.429. The number of benzene rings is 1. The maximum absolute atomic E-state index is 13.1. The molecule has 2 heterocycles. The molecule has 0 amide bonds. The van der Waals surface area contributed by atoms with Crippen LogP contribution in [-0.4, -0.2) is 22.4 Å². The van der Waals surface area contributed by atoms with E-state index >= 15 is 0 Å². The largest absolute Gasteiger partial charge is 0.431 e. The van der Waals surface area contributed by atoms with Gasteiger partial charge in [-0.1, -0.05) is 31.0 Å². The van der Waals surface area contributed by atoms with Crippen LogP contribution in [0.4, 0.5) is 26.3 Å². The molecule has 12 heteroatoms. The standard InChI is InChI=1S/C21H17F6NO3S2/c22-20(23,24)19(30,21(25,26)27)16-10-28-18(33-16)32-12-6-7-13-14(11-4-2-1-3-5-11)9-17(29)31-15(13)8-12/h6-11,30H,1-5H2. The third kappa shape index (κ3) is 4.52. The molecule has 0 aliphatic heterocycles. The molecule has 2 aromatic heterocycles. The van der Waals surface area contributed by atoms with Crippen LogP contribution in [0.15, 0.2) is 48.9 Å². The first kappa shape index (κ1) is 24.1. The second-order valence-electron chi connectivity index (χ2n) is 7.81. The number of rotatable bonds is 4. The van der Waals surface area contributed by atoms with Crippen molar-refractivity contribution in [3.63, 3.8) is 0 Å². The van der Waals surface area contributed by atoms with E-state index in [0.717, 1.165) is 54.8 Å². The Morgan fingerprint density at radius 3 is 2.33 bits per heavy atom. The minimum absolute atomic E-state index is 0.0923. The van der Waals surface area contributed by atoms with Crippen molar-refractivity contribution in [2.75, 3.05) is 0 Å². The molecule has 1 aliphatic carbocycles. The zero-order valence-electron chi connectivity index (χ0n) is 16.8. The predicted molar refractivity (Wildman–Crippen MR) is 111 cm³/mol. The first-order valence-corrected chi connectivity index (χ1v) is 11.6. The Bertz CT molecular complexity index is 1200. The lowest BCUT2D eigenvalue weighted by Gasteiger charge is -2.30. The number of halogens is 6. The third-order valence-corrected chi connectivity index (χ3v) is 7.83. The van der Waals surface area contributed by atoms with Gasteiger partial charge in [-0.15, -0.1) is 11.3 Å². The molecule has 0 unspecified atom stereocenters. The molecule has 1 aliphatic rings. The number of nitrogens with zero attached hydrogens (tertiary/aromatic N) is 1. The van der Waals surface area contributed by atoms with Crippen LogP contribution in [0.2, 0.25) is 0 Å². The summed E-state index contributed by atoms with van der Waals surface area (Å²) in [6, 6.07) is 6.35. The number of aromatic nitrogens is 1. The molecule has 0 bridgehead atoms. The highest BCUT2D eigenvalue weighted by Crippen LogP contribution is 2.52. The summed E-state index contributed by atoms with van der Waals surface area (Å²) in [5, 5.41) is 10.3. The van der Waals surface area contributed by atoms with Gasteiger partial charge in [-0.3, -0.25) is 0 Å². The third-order valence-electron chi connectivity index (χ3n) is 5.66. The summed E-state index contributed by atoms with van der Waals surface area (Å²) < 4.78 is 83.7. The fourth-order valence-electron chi connectivity index (χ4n) is 4.00. The van der Waals surface area contributed by atoms with E-state index < -0.39 is 28.5 Å². The first-order valence-electron chi connectivity index (χ1n) is 9.98. The zero-order valence-corrected chi connectivity index (χ0v) is 18.4. The number of fused-ring (bicyclic) bond motifs is 1. The fourth-order valence-corrected chi connectivity index (χ4v) is 6.11. The molecule has 1 aromatic carbocycles. The van der Waals surface area contributed by atoms with Crippen LogP contribution in [0.1, 0.15) is 48.5 Å². The quantitative estimate of drug-likeness (QED) is 0.311. The Morgan fingerprint density at radius 2 is 1.70 bits per heavy atom. The summed E-state index contributed by atoms with van der Waals surface area (Å²) in [6.07, 6.45) is -6.38. The Labute approximate surface area is 191 Å². The predicted octanol–water partition coefficient (Wildman–Crippen LogP) is 6.76. The van der Waals surface area contributed by atoms with E-state index in [1.54, 1.807) is 12.1 Å². The van der Waals surface area contributed by atoms with Gasteiger partial charge in [-0.25, -0.2) is 9.78 Å². The van der Waals surface area contributed by atoms with Crippen LogP contribution in [0.3, 0.4) is 0 Å². The highest BCUT2D eigenvalue weighted by Gasteiger charge is 2.72. The molecule has 0 atom stereocenters. The number of hydrogen-bond acceptors (Lipinski definition) is 6. The maximum Gasteiger partial charge on any atom is 0.431 e. The molecule has 0 spiro atoms. The van der Waals surface area contributed by atoms with Crippen LogP contribution in [0.5, 0.6) is 0 Å². The summed E-state index contributed by atoms with van der Waals surface area (Å²) in [4.78, 5) is 14.8. The van der Waals surface area contributed by atoms with E-state index in [1.807, 2.05) is 0 Å². The summed E-state index contributed by atoms with van der Waals surface area (Å²) in [7, 11) is 0. The minimum Gasteiger partial charge on any atom is -0.423 e. The van der Waals surface area contributed by atoms with E-state index in [1.165, 1.54) is 12.1 Å². The van der Waals surface area contributed by atoms with Gasteiger partial charge in [0.25, 0.3) is 5.60 Å². The molecule has 4 nitrogen and oxygen atoms in total. The molecule has 33 heavy (non-hydrogen) atoms. The van der Waals surface area contributed by atoms with Crippen LogP contribution in [0.25, 0.3) is 11.0 Å². The average molecular weight is 509 g/mol. The van der Waals surface area contributed by atoms with Gasteiger partial charge in [0.1, 0.15) is 5.58 Å². The van der Waals surface area contributed by atoms with Crippen molar-refractivity contribution >= 4 is 34.1 Å². The van der Waals surface area contributed by atoms with Crippen LogP contribution < -0.4 is 5.63 Å². The van der Waals surface area contributed by atoms with E-state index in [-0.39, 0.29) is 27.2 Å². The lowest BCUT2D eigenvalue weighted by molar-refractivity contribution is -0.375. The summed E-state index contributed by atoms with van der Waals surface area (Å²) in [5.74, 6) is 0.229. The first-order chi connectivity index (χ1) is 15.4. The van der Waals surface area contributed by atoms with Gasteiger partial charge in [0.15, 0.2) is 4.34 Å². The van der Waals surface area contributed by atoms with Crippen LogP contribution in [-0.2, 0) is 5.60 Å². The van der Waals surface area contributed by atoms with Crippen molar-refractivity contribution in [1.29, 1.82) is 0 Å². The highest BCUT2D eigenvalue weighted by molar-refractivity contribution is 8.01. The molecule has 1 N–H and O–H groups in total. The van der Waals surface area contributed by atoms with Crippen LogP contribution >= 0.6 is 23.1 Å².